The van der Waals surface area contributed by atoms with Crippen LogP contribution in [0.4, 0.5) is 0 Å². The van der Waals surface area contributed by atoms with E-state index in [9.17, 15) is 9.90 Å². The van der Waals surface area contributed by atoms with E-state index in [1.165, 1.54) is 80.7 Å². The molecule has 0 spiro atoms. The second-order valence-electron chi connectivity index (χ2n) is 11.8. The molecule has 0 radical (unpaired) electrons. The lowest BCUT2D eigenvalue weighted by Gasteiger charge is -2.26. The third-order valence-corrected chi connectivity index (χ3v) is 7.33. The lowest BCUT2D eigenvalue weighted by molar-refractivity contribution is -0.148. The first kappa shape index (κ1) is 31.0. The maximum atomic E-state index is 12.2. The van der Waals surface area contributed by atoms with E-state index in [4.69, 9.17) is 4.74 Å². The van der Waals surface area contributed by atoms with Crippen molar-refractivity contribution in [2.75, 3.05) is 6.61 Å². The van der Waals surface area contributed by atoms with Crippen molar-refractivity contribution in [3.05, 3.63) is 34.9 Å². The Balaban J connectivity index is 2.30. The number of thioether (sulfide) groups is 1. The Hall–Kier alpha value is -1.00. The lowest BCUT2D eigenvalue weighted by atomic mass is 9.80. The van der Waals surface area contributed by atoms with E-state index in [1.807, 2.05) is 0 Å². The largest absolute Gasteiger partial charge is 0.463 e. The average Bonchev–Trinajstić information content (AvgIpc) is 2.76. The normalized spacial score (nSPS) is 13.2. The number of esters is 1. The summed E-state index contributed by atoms with van der Waals surface area (Å²) in [7, 11) is 0. The van der Waals surface area contributed by atoms with E-state index < -0.39 is 11.4 Å². The Bertz CT molecular complexity index is 668. The summed E-state index contributed by atoms with van der Waals surface area (Å²) in [6.45, 7) is 15.9. The standard InChI is InChI=1S/C30H52O3S/c1-8-9-10-11-12-13-14-15-16-17-18-19-33-27(31)28(32)34-23-24-20-25(29(2,3)4)22-26(21-24)30(5,6)7/h20-22,28,32H,8-19,23H2,1-7H3. The Labute approximate surface area is 214 Å². The minimum absolute atomic E-state index is 0.0485. The van der Waals surface area contributed by atoms with Crippen LogP contribution in [0.3, 0.4) is 0 Å². The number of carbonyl (C=O) groups excluding carboxylic acids is 1. The van der Waals surface area contributed by atoms with Gasteiger partial charge in [0.1, 0.15) is 0 Å². The molecule has 0 saturated carbocycles. The molecule has 4 heteroatoms. The summed E-state index contributed by atoms with van der Waals surface area (Å²) in [4.78, 5) is 12.2. The number of aliphatic hydroxyl groups excluding tert-OH is 1. The smallest absolute Gasteiger partial charge is 0.345 e. The highest BCUT2D eigenvalue weighted by Gasteiger charge is 2.22. The highest BCUT2D eigenvalue weighted by molar-refractivity contribution is 7.99. The van der Waals surface area contributed by atoms with Gasteiger partial charge in [-0.3, -0.25) is 0 Å². The maximum Gasteiger partial charge on any atom is 0.345 e. The van der Waals surface area contributed by atoms with Crippen molar-refractivity contribution in [1.29, 1.82) is 0 Å². The van der Waals surface area contributed by atoms with Gasteiger partial charge in [0.15, 0.2) is 5.44 Å². The Kier molecular flexibility index (Phi) is 14.5. The molecule has 0 aromatic heterocycles. The van der Waals surface area contributed by atoms with Crippen LogP contribution in [0.5, 0.6) is 0 Å². The molecule has 0 heterocycles. The van der Waals surface area contributed by atoms with Crippen molar-refractivity contribution in [1.82, 2.24) is 0 Å². The Morgan fingerprint density at radius 2 is 1.24 bits per heavy atom. The average molecular weight is 493 g/mol. The fourth-order valence-corrected chi connectivity index (χ4v) is 4.62. The van der Waals surface area contributed by atoms with Crippen LogP contribution in [-0.2, 0) is 26.1 Å². The number of rotatable bonds is 16. The van der Waals surface area contributed by atoms with Crippen molar-refractivity contribution >= 4 is 17.7 Å². The molecule has 1 rings (SSSR count). The fourth-order valence-electron chi connectivity index (χ4n) is 3.89. The van der Waals surface area contributed by atoms with Gasteiger partial charge in [0.25, 0.3) is 0 Å². The van der Waals surface area contributed by atoms with Crippen molar-refractivity contribution < 1.29 is 14.6 Å². The molecular weight excluding hydrogens is 440 g/mol. The molecule has 34 heavy (non-hydrogen) atoms. The molecule has 1 unspecified atom stereocenters. The van der Waals surface area contributed by atoms with E-state index in [0.717, 1.165) is 18.4 Å². The summed E-state index contributed by atoms with van der Waals surface area (Å²) in [6.07, 6.45) is 13.9. The number of unbranched alkanes of at least 4 members (excludes halogenated alkanes) is 10. The molecule has 1 N–H and O–H groups in total. The zero-order chi connectivity index (χ0) is 25.6. The van der Waals surface area contributed by atoms with Crippen LogP contribution >= 0.6 is 11.8 Å². The van der Waals surface area contributed by atoms with Crippen molar-refractivity contribution in [2.24, 2.45) is 0 Å². The fraction of sp³-hybridized carbons (Fsp3) is 0.767. The van der Waals surface area contributed by atoms with Gasteiger partial charge in [-0.2, -0.15) is 0 Å². The second kappa shape index (κ2) is 15.9. The predicted octanol–water partition coefficient (Wildman–Crippen LogP) is 8.69. The molecule has 0 fully saturated rings. The van der Waals surface area contributed by atoms with E-state index in [2.05, 4.69) is 66.7 Å². The third-order valence-electron chi connectivity index (χ3n) is 6.33. The highest BCUT2D eigenvalue weighted by Crippen LogP contribution is 2.32. The first-order valence-corrected chi connectivity index (χ1v) is 14.6. The van der Waals surface area contributed by atoms with Crippen LogP contribution in [0, 0.1) is 0 Å². The molecule has 0 saturated heterocycles. The minimum Gasteiger partial charge on any atom is -0.463 e. The molecule has 0 aliphatic rings. The molecule has 0 bridgehead atoms. The van der Waals surface area contributed by atoms with Crippen molar-refractivity contribution in [3.63, 3.8) is 0 Å². The maximum absolute atomic E-state index is 12.2. The first-order valence-electron chi connectivity index (χ1n) is 13.6. The van der Waals surface area contributed by atoms with E-state index in [1.54, 1.807) is 0 Å². The predicted molar refractivity (Wildman–Crippen MR) is 149 cm³/mol. The van der Waals surface area contributed by atoms with Crippen LogP contribution in [0.2, 0.25) is 0 Å². The van der Waals surface area contributed by atoms with Gasteiger partial charge in [0, 0.05) is 5.75 Å². The minimum atomic E-state index is -1.14. The molecule has 1 aromatic rings. The number of hydrogen-bond acceptors (Lipinski definition) is 4. The molecule has 196 valence electrons. The zero-order valence-corrected chi connectivity index (χ0v) is 24.0. The van der Waals surface area contributed by atoms with E-state index >= 15 is 0 Å². The quantitative estimate of drug-likeness (QED) is 0.142. The number of aliphatic hydroxyl groups is 1. The summed E-state index contributed by atoms with van der Waals surface area (Å²) in [5.74, 6) is 0.0712. The Morgan fingerprint density at radius 3 is 1.68 bits per heavy atom. The van der Waals surface area contributed by atoms with Gasteiger partial charge in [-0.1, -0.05) is 131 Å². The molecular formula is C30H52O3S. The summed E-state index contributed by atoms with van der Waals surface area (Å²) in [5.41, 5.74) is 2.66. The zero-order valence-electron chi connectivity index (χ0n) is 23.2. The van der Waals surface area contributed by atoms with Crippen molar-refractivity contribution in [2.45, 2.75) is 141 Å². The van der Waals surface area contributed by atoms with Gasteiger partial charge >= 0.3 is 5.97 Å². The van der Waals surface area contributed by atoms with E-state index in [0.29, 0.717) is 12.4 Å². The van der Waals surface area contributed by atoms with Gasteiger partial charge in [-0.05, 0) is 33.9 Å². The first-order chi connectivity index (χ1) is 15.9. The van der Waals surface area contributed by atoms with Gasteiger partial charge < -0.3 is 9.84 Å². The number of carbonyl (C=O) groups is 1. The molecule has 3 nitrogen and oxygen atoms in total. The summed E-state index contributed by atoms with van der Waals surface area (Å²) < 4.78 is 5.32. The molecule has 1 aromatic carbocycles. The lowest BCUT2D eigenvalue weighted by Crippen LogP contribution is -2.21. The highest BCUT2D eigenvalue weighted by atomic mass is 32.2. The SMILES string of the molecule is CCCCCCCCCCCCCOC(=O)C(O)SCc1cc(C(C)(C)C)cc(C(C)(C)C)c1. The summed E-state index contributed by atoms with van der Waals surface area (Å²) in [5, 5.41) is 10.3. The molecule has 0 amide bonds. The third kappa shape index (κ3) is 13.2. The van der Waals surface area contributed by atoms with Crippen LogP contribution in [0.25, 0.3) is 0 Å². The van der Waals surface area contributed by atoms with Crippen LogP contribution in [0.15, 0.2) is 18.2 Å². The monoisotopic (exact) mass is 492 g/mol. The second-order valence-corrected chi connectivity index (χ2v) is 12.9. The summed E-state index contributed by atoms with van der Waals surface area (Å²) in [6, 6.07) is 6.68. The van der Waals surface area contributed by atoms with Gasteiger partial charge in [0.05, 0.1) is 6.61 Å². The number of ether oxygens (including phenoxy) is 1. The molecule has 0 aliphatic carbocycles. The number of hydrogen-bond donors (Lipinski definition) is 1. The topological polar surface area (TPSA) is 46.5 Å². The van der Waals surface area contributed by atoms with Gasteiger partial charge in [-0.15, -0.1) is 11.8 Å². The van der Waals surface area contributed by atoms with E-state index in [-0.39, 0.29) is 10.8 Å². The van der Waals surface area contributed by atoms with Crippen LogP contribution in [-0.4, -0.2) is 23.1 Å². The van der Waals surface area contributed by atoms with Crippen LogP contribution in [0.1, 0.15) is 136 Å². The van der Waals surface area contributed by atoms with Crippen molar-refractivity contribution in [3.8, 4) is 0 Å². The number of benzene rings is 1. The van der Waals surface area contributed by atoms with Gasteiger partial charge in [0.2, 0.25) is 0 Å². The molecule has 0 aliphatic heterocycles. The summed E-state index contributed by atoms with van der Waals surface area (Å²) >= 11 is 1.24. The van der Waals surface area contributed by atoms with Crippen LogP contribution < -0.4 is 0 Å². The molecule has 1 atom stereocenters. The Morgan fingerprint density at radius 1 is 0.794 bits per heavy atom. The van der Waals surface area contributed by atoms with Gasteiger partial charge in [-0.25, -0.2) is 4.79 Å².